The van der Waals surface area contributed by atoms with Crippen LogP contribution in [0.15, 0.2) is 75.6 Å². The van der Waals surface area contributed by atoms with Gasteiger partial charge in [0.1, 0.15) is 16.1 Å². The van der Waals surface area contributed by atoms with Crippen molar-refractivity contribution in [3.05, 3.63) is 75.9 Å². The quantitative estimate of drug-likeness (QED) is 0.293. The molecule has 2 aromatic carbocycles. The van der Waals surface area contributed by atoms with Crippen molar-refractivity contribution < 1.29 is 9.47 Å². The van der Waals surface area contributed by atoms with Gasteiger partial charge < -0.3 is 9.47 Å². The van der Waals surface area contributed by atoms with Crippen molar-refractivity contribution in [2.45, 2.75) is 13.2 Å². The number of para-hydroxylation sites is 1. The van der Waals surface area contributed by atoms with Crippen LogP contribution in [0.3, 0.4) is 0 Å². The van der Waals surface area contributed by atoms with Gasteiger partial charge in [-0.05, 0) is 70.0 Å². The average Bonchev–Trinajstić information content (AvgIpc) is 2.68. The van der Waals surface area contributed by atoms with Crippen molar-refractivity contribution >= 4 is 27.8 Å². The molecular formula is C19H15BrN4O3. The third kappa shape index (κ3) is 5.42. The van der Waals surface area contributed by atoms with Gasteiger partial charge in [0.25, 0.3) is 6.23 Å². The topological polar surface area (TPSA) is 86.0 Å². The highest BCUT2D eigenvalue weighted by atomic mass is 79.9. The second-order valence-electron chi connectivity index (χ2n) is 5.42. The molecule has 1 heterocycles. The van der Waals surface area contributed by atoms with E-state index in [2.05, 4.69) is 36.1 Å². The molecule has 0 radical (unpaired) electrons. The molecule has 0 aliphatic rings. The lowest BCUT2D eigenvalue weighted by molar-refractivity contribution is 0.280. The molecule has 0 saturated heterocycles. The Balaban J connectivity index is 1.69. The number of nitroso groups, excluding NO2 is 1. The molecule has 0 amide bonds. The molecule has 8 heteroatoms. The number of benzene rings is 2. The number of aliphatic imine (C=N–C) groups is 1. The summed E-state index contributed by atoms with van der Waals surface area (Å²) in [6.07, 6.45) is 1.94. The molecule has 27 heavy (non-hydrogen) atoms. The molecule has 7 nitrogen and oxygen atoms in total. The molecule has 3 aromatic rings. The molecule has 1 atom stereocenters. The number of aromatic nitrogens is 2. The maximum absolute atomic E-state index is 11.0. The van der Waals surface area contributed by atoms with Crippen LogP contribution in [0.5, 0.6) is 17.5 Å². The maximum Gasteiger partial charge on any atom is 0.322 e. The van der Waals surface area contributed by atoms with E-state index in [1.54, 1.807) is 36.5 Å². The van der Waals surface area contributed by atoms with Crippen LogP contribution in [0.1, 0.15) is 5.56 Å². The number of rotatable bonds is 7. The fraction of sp³-hybridized carbons (Fsp3) is 0.105. The van der Waals surface area contributed by atoms with Crippen LogP contribution in [-0.2, 0) is 0 Å². The molecular weight excluding hydrogens is 412 g/mol. The van der Waals surface area contributed by atoms with Crippen molar-refractivity contribution in [2.75, 3.05) is 0 Å². The van der Waals surface area contributed by atoms with Gasteiger partial charge in [0.15, 0.2) is 0 Å². The highest BCUT2D eigenvalue weighted by Gasteiger charge is 2.08. The van der Waals surface area contributed by atoms with Gasteiger partial charge in [-0.15, -0.1) is 4.91 Å². The van der Waals surface area contributed by atoms with Gasteiger partial charge in [0, 0.05) is 6.20 Å². The highest BCUT2D eigenvalue weighted by molar-refractivity contribution is 9.10. The van der Waals surface area contributed by atoms with Crippen LogP contribution < -0.4 is 9.47 Å². The Labute approximate surface area is 164 Å². The summed E-state index contributed by atoms with van der Waals surface area (Å²) in [6.45, 7) is 1.88. The third-order valence-corrected chi connectivity index (χ3v) is 3.86. The summed E-state index contributed by atoms with van der Waals surface area (Å²) in [5.41, 5.74) is 1.48. The largest absolute Gasteiger partial charge is 0.460 e. The van der Waals surface area contributed by atoms with E-state index in [1.807, 2.05) is 31.2 Å². The maximum atomic E-state index is 11.0. The Bertz CT molecular complexity index is 951. The predicted molar refractivity (Wildman–Crippen MR) is 106 cm³/mol. The molecule has 0 saturated carbocycles. The van der Waals surface area contributed by atoms with Crippen LogP contribution in [0.4, 0.5) is 5.69 Å². The lowest BCUT2D eigenvalue weighted by Gasteiger charge is -2.09. The zero-order valence-corrected chi connectivity index (χ0v) is 15.9. The van der Waals surface area contributed by atoms with Gasteiger partial charge in [0.05, 0.1) is 11.9 Å². The van der Waals surface area contributed by atoms with Gasteiger partial charge in [-0.25, -0.2) is 4.98 Å². The molecule has 0 aliphatic carbocycles. The SMILES string of the molecule is Cc1cc(N=CC(N=O)Oc2ccccc2)ccc1Oc1nccc(Br)n1. The second kappa shape index (κ2) is 9.00. The number of hydrogen-bond acceptors (Lipinski definition) is 7. The third-order valence-electron chi connectivity index (χ3n) is 3.41. The lowest BCUT2D eigenvalue weighted by atomic mass is 10.2. The fourth-order valence-electron chi connectivity index (χ4n) is 2.16. The number of nitrogens with zero attached hydrogens (tertiary/aromatic N) is 4. The Morgan fingerprint density at radius 1 is 1.15 bits per heavy atom. The van der Waals surface area contributed by atoms with Crippen molar-refractivity contribution in [1.82, 2.24) is 9.97 Å². The minimum atomic E-state index is -1.02. The fourth-order valence-corrected chi connectivity index (χ4v) is 2.43. The van der Waals surface area contributed by atoms with Gasteiger partial charge in [0.2, 0.25) is 0 Å². The van der Waals surface area contributed by atoms with Crippen molar-refractivity contribution in [1.29, 1.82) is 0 Å². The normalized spacial score (nSPS) is 11.9. The van der Waals surface area contributed by atoms with Crippen LogP contribution in [0.25, 0.3) is 0 Å². The van der Waals surface area contributed by atoms with Crippen LogP contribution >= 0.6 is 15.9 Å². The Hall–Kier alpha value is -3.13. The molecule has 1 unspecified atom stereocenters. The molecule has 3 rings (SSSR count). The van der Waals surface area contributed by atoms with E-state index in [-0.39, 0.29) is 6.01 Å². The Morgan fingerprint density at radius 2 is 1.96 bits per heavy atom. The highest BCUT2D eigenvalue weighted by Crippen LogP contribution is 2.27. The first-order valence-corrected chi connectivity index (χ1v) is 8.79. The summed E-state index contributed by atoms with van der Waals surface area (Å²) >= 11 is 3.27. The van der Waals surface area contributed by atoms with Crippen molar-refractivity contribution in [3.63, 3.8) is 0 Å². The number of hydrogen-bond donors (Lipinski definition) is 0. The van der Waals surface area contributed by atoms with E-state index in [9.17, 15) is 4.91 Å². The first kappa shape index (κ1) is 18.7. The van der Waals surface area contributed by atoms with E-state index in [4.69, 9.17) is 9.47 Å². The van der Waals surface area contributed by atoms with Gasteiger partial charge in [-0.3, -0.25) is 4.99 Å². The van der Waals surface area contributed by atoms with Gasteiger partial charge in [-0.2, -0.15) is 4.98 Å². The molecule has 1 aromatic heterocycles. The minimum absolute atomic E-state index is 0.241. The van der Waals surface area contributed by atoms with Crippen molar-refractivity contribution in [3.8, 4) is 17.5 Å². The van der Waals surface area contributed by atoms with Gasteiger partial charge >= 0.3 is 6.01 Å². The summed E-state index contributed by atoms with van der Waals surface area (Å²) < 4.78 is 11.8. The molecule has 0 fully saturated rings. The standard InChI is InChI=1S/C19H15BrN4O3/c1-13-11-14(7-8-16(13)27-19-21-10-9-17(20)23-19)22-12-18(24-25)26-15-5-3-2-4-6-15/h2-12,18H,1H3. The first-order valence-electron chi connectivity index (χ1n) is 7.99. The van der Waals surface area contributed by atoms with Crippen LogP contribution in [0.2, 0.25) is 0 Å². The molecule has 0 N–H and O–H groups in total. The van der Waals surface area contributed by atoms with E-state index in [0.29, 0.717) is 21.8 Å². The van der Waals surface area contributed by atoms with E-state index in [1.165, 1.54) is 6.21 Å². The molecule has 136 valence electrons. The summed E-state index contributed by atoms with van der Waals surface area (Å²) in [4.78, 5) is 23.4. The number of aryl methyl sites for hydroxylation is 1. The monoisotopic (exact) mass is 426 g/mol. The zero-order chi connectivity index (χ0) is 19.1. The summed E-state index contributed by atoms with van der Waals surface area (Å²) in [5.74, 6) is 1.15. The molecule has 0 bridgehead atoms. The first-order chi connectivity index (χ1) is 13.1. The summed E-state index contributed by atoms with van der Waals surface area (Å²) in [7, 11) is 0. The average molecular weight is 427 g/mol. The Kier molecular flexibility index (Phi) is 6.22. The summed E-state index contributed by atoms with van der Waals surface area (Å²) in [5, 5.41) is 2.94. The second-order valence-corrected chi connectivity index (χ2v) is 6.23. The summed E-state index contributed by atoms with van der Waals surface area (Å²) in [6, 6.07) is 16.2. The number of halogens is 1. The van der Waals surface area contributed by atoms with E-state index in [0.717, 1.165) is 5.56 Å². The van der Waals surface area contributed by atoms with Crippen LogP contribution in [0, 0.1) is 11.8 Å². The van der Waals surface area contributed by atoms with Gasteiger partial charge in [-0.1, -0.05) is 18.2 Å². The Morgan fingerprint density at radius 3 is 2.67 bits per heavy atom. The molecule has 0 aliphatic heterocycles. The van der Waals surface area contributed by atoms with E-state index >= 15 is 0 Å². The predicted octanol–water partition coefficient (Wildman–Crippen LogP) is 5.21. The van der Waals surface area contributed by atoms with Crippen molar-refractivity contribution in [2.24, 2.45) is 10.2 Å². The van der Waals surface area contributed by atoms with E-state index < -0.39 is 6.23 Å². The lowest BCUT2D eigenvalue weighted by Crippen LogP contribution is -2.14. The minimum Gasteiger partial charge on any atom is -0.460 e. The number of ether oxygens (including phenoxy) is 2. The van der Waals surface area contributed by atoms with Crippen LogP contribution in [-0.4, -0.2) is 22.4 Å². The molecule has 0 spiro atoms. The zero-order valence-electron chi connectivity index (χ0n) is 14.3. The smallest absolute Gasteiger partial charge is 0.322 e.